The number of hydrogen-bond donors (Lipinski definition) is 0. The Bertz CT molecular complexity index is 173. The summed E-state index contributed by atoms with van der Waals surface area (Å²) in [5, 5.41) is 0. The minimum atomic E-state index is -0.399. The van der Waals surface area contributed by atoms with Gasteiger partial charge in [-0.1, -0.05) is 20.4 Å². The van der Waals surface area contributed by atoms with Crippen molar-refractivity contribution in [2.45, 2.75) is 27.2 Å². The second-order valence-corrected chi connectivity index (χ2v) is 3.42. The molecule has 0 aromatic rings. The number of rotatable bonds is 6. The molecule has 0 saturated carbocycles. The van der Waals surface area contributed by atoms with Crippen LogP contribution in [0.2, 0.25) is 0 Å². The predicted octanol–water partition coefficient (Wildman–Crippen LogP) is 2.13. The smallest absolute Gasteiger partial charge is 0.335 e. The van der Waals surface area contributed by atoms with Crippen LogP contribution in [0.25, 0.3) is 0 Å². The number of hydrogen-bond acceptors (Lipinski definition) is 3. The van der Waals surface area contributed by atoms with Gasteiger partial charge in [0.15, 0.2) is 6.79 Å². The Labute approximate surface area is 79.7 Å². The highest BCUT2D eigenvalue weighted by molar-refractivity contribution is 5.86. The summed E-state index contributed by atoms with van der Waals surface area (Å²) < 4.78 is 9.81. The van der Waals surface area contributed by atoms with Gasteiger partial charge in [0.25, 0.3) is 0 Å². The third kappa shape index (κ3) is 7.53. The van der Waals surface area contributed by atoms with Gasteiger partial charge in [0.05, 0.1) is 6.61 Å². The molecule has 0 aromatic heterocycles. The minimum absolute atomic E-state index is 0.0262. The first-order chi connectivity index (χ1) is 6.04. The normalized spacial score (nSPS) is 10.2. The number of carbonyl (C=O) groups excluding carboxylic acids is 1. The van der Waals surface area contributed by atoms with E-state index in [1.165, 1.54) is 0 Å². The Morgan fingerprint density at radius 3 is 2.54 bits per heavy atom. The fourth-order valence-electron chi connectivity index (χ4n) is 0.596. The fourth-order valence-corrected chi connectivity index (χ4v) is 0.596. The summed E-state index contributed by atoms with van der Waals surface area (Å²) >= 11 is 0. The zero-order chi connectivity index (χ0) is 10.3. The first kappa shape index (κ1) is 12.2. The van der Waals surface area contributed by atoms with Crippen LogP contribution in [-0.2, 0) is 14.3 Å². The van der Waals surface area contributed by atoms with Gasteiger partial charge in [-0.15, -0.1) is 0 Å². The number of carbonyl (C=O) groups is 1. The second-order valence-electron chi connectivity index (χ2n) is 3.42. The summed E-state index contributed by atoms with van der Waals surface area (Å²) in [5.74, 6) is 0.210. The van der Waals surface area contributed by atoms with Crippen LogP contribution in [-0.4, -0.2) is 19.4 Å². The first-order valence-electron chi connectivity index (χ1n) is 4.44. The van der Waals surface area contributed by atoms with Gasteiger partial charge in [0, 0.05) is 5.57 Å². The molecule has 0 atom stereocenters. The van der Waals surface area contributed by atoms with Gasteiger partial charge in [-0.3, -0.25) is 0 Å². The van der Waals surface area contributed by atoms with Crippen molar-refractivity contribution in [1.29, 1.82) is 0 Å². The van der Waals surface area contributed by atoms with E-state index in [0.717, 1.165) is 6.42 Å². The Morgan fingerprint density at radius 1 is 1.46 bits per heavy atom. The van der Waals surface area contributed by atoms with Crippen LogP contribution in [0, 0.1) is 5.92 Å². The SMILES string of the molecule is C=C(C)C(=O)OCOCCC(C)C. The van der Waals surface area contributed by atoms with Gasteiger partial charge in [-0.25, -0.2) is 4.79 Å². The molecule has 13 heavy (non-hydrogen) atoms. The standard InChI is InChI=1S/C10H18O3/c1-8(2)5-6-12-7-13-10(11)9(3)4/h8H,3,5-7H2,1-2,4H3. The van der Waals surface area contributed by atoms with Crippen LogP contribution in [0.15, 0.2) is 12.2 Å². The van der Waals surface area contributed by atoms with E-state index in [-0.39, 0.29) is 6.79 Å². The van der Waals surface area contributed by atoms with E-state index >= 15 is 0 Å². The van der Waals surface area contributed by atoms with E-state index in [1.54, 1.807) is 6.92 Å². The van der Waals surface area contributed by atoms with Gasteiger partial charge in [0.2, 0.25) is 0 Å². The summed E-state index contributed by atoms with van der Waals surface area (Å²) in [6.07, 6.45) is 0.977. The molecule has 3 nitrogen and oxygen atoms in total. The van der Waals surface area contributed by atoms with Crippen LogP contribution < -0.4 is 0 Å². The maximum absolute atomic E-state index is 10.8. The van der Waals surface area contributed by atoms with Crippen LogP contribution in [0.5, 0.6) is 0 Å². The van der Waals surface area contributed by atoms with Crippen molar-refractivity contribution in [3.05, 3.63) is 12.2 Å². The second kappa shape index (κ2) is 6.66. The minimum Gasteiger partial charge on any atom is -0.435 e. The van der Waals surface area contributed by atoms with Crippen molar-refractivity contribution in [2.75, 3.05) is 13.4 Å². The molecule has 0 aliphatic carbocycles. The molecule has 0 heterocycles. The quantitative estimate of drug-likeness (QED) is 0.276. The lowest BCUT2D eigenvalue weighted by molar-refractivity contribution is -0.151. The van der Waals surface area contributed by atoms with Crippen molar-refractivity contribution in [3.63, 3.8) is 0 Å². The molecular weight excluding hydrogens is 168 g/mol. The van der Waals surface area contributed by atoms with Crippen LogP contribution in [0.1, 0.15) is 27.2 Å². The van der Waals surface area contributed by atoms with Gasteiger partial charge >= 0.3 is 5.97 Å². The van der Waals surface area contributed by atoms with Crippen molar-refractivity contribution in [2.24, 2.45) is 5.92 Å². The molecule has 3 heteroatoms. The van der Waals surface area contributed by atoms with E-state index in [4.69, 9.17) is 9.47 Å². The van der Waals surface area contributed by atoms with Crippen LogP contribution in [0.3, 0.4) is 0 Å². The third-order valence-corrected chi connectivity index (χ3v) is 1.46. The highest BCUT2D eigenvalue weighted by Gasteiger charge is 2.01. The lowest BCUT2D eigenvalue weighted by Gasteiger charge is -2.06. The molecule has 0 bridgehead atoms. The maximum atomic E-state index is 10.8. The molecule has 0 fully saturated rings. The fraction of sp³-hybridized carbons (Fsp3) is 0.700. The molecular formula is C10H18O3. The molecule has 76 valence electrons. The lowest BCUT2D eigenvalue weighted by Crippen LogP contribution is -2.10. The monoisotopic (exact) mass is 186 g/mol. The molecule has 0 amide bonds. The Kier molecular flexibility index (Phi) is 6.24. The zero-order valence-corrected chi connectivity index (χ0v) is 8.63. The summed E-state index contributed by atoms with van der Waals surface area (Å²) in [7, 11) is 0. The van der Waals surface area contributed by atoms with Crippen LogP contribution >= 0.6 is 0 Å². The van der Waals surface area contributed by atoms with Gasteiger partial charge in [-0.2, -0.15) is 0 Å². The predicted molar refractivity (Wildman–Crippen MR) is 51.2 cm³/mol. The van der Waals surface area contributed by atoms with Crippen molar-refractivity contribution in [3.8, 4) is 0 Å². The summed E-state index contributed by atoms with van der Waals surface area (Å²) in [4.78, 5) is 10.8. The molecule has 0 N–H and O–H groups in total. The molecule has 0 rings (SSSR count). The van der Waals surface area contributed by atoms with Crippen LogP contribution in [0.4, 0.5) is 0 Å². The molecule has 0 unspecified atom stereocenters. The highest BCUT2D eigenvalue weighted by Crippen LogP contribution is 1.99. The molecule has 0 aromatic carbocycles. The largest absolute Gasteiger partial charge is 0.435 e. The van der Waals surface area contributed by atoms with Gasteiger partial charge in [-0.05, 0) is 19.3 Å². The van der Waals surface area contributed by atoms with Crippen molar-refractivity contribution < 1.29 is 14.3 Å². The van der Waals surface area contributed by atoms with Gasteiger partial charge in [0.1, 0.15) is 0 Å². The number of ether oxygens (including phenoxy) is 2. The summed E-state index contributed by atoms with van der Waals surface area (Å²) in [6.45, 7) is 9.94. The Morgan fingerprint density at radius 2 is 2.08 bits per heavy atom. The highest BCUT2D eigenvalue weighted by atomic mass is 16.7. The maximum Gasteiger partial charge on any atom is 0.335 e. The number of esters is 1. The average Bonchev–Trinajstić information content (AvgIpc) is 2.02. The summed E-state index contributed by atoms with van der Waals surface area (Å²) in [6, 6.07) is 0. The van der Waals surface area contributed by atoms with E-state index in [2.05, 4.69) is 20.4 Å². The molecule has 0 spiro atoms. The third-order valence-electron chi connectivity index (χ3n) is 1.46. The lowest BCUT2D eigenvalue weighted by atomic mass is 10.1. The molecule has 0 saturated heterocycles. The molecule has 0 aliphatic rings. The zero-order valence-electron chi connectivity index (χ0n) is 8.63. The van der Waals surface area contributed by atoms with Crippen molar-refractivity contribution in [1.82, 2.24) is 0 Å². The topological polar surface area (TPSA) is 35.5 Å². The van der Waals surface area contributed by atoms with E-state index in [0.29, 0.717) is 18.1 Å². The molecule has 0 radical (unpaired) electrons. The van der Waals surface area contributed by atoms with Crippen molar-refractivity contribution >= 4 is 5.97 Å². The average molecular weight is 186 g/mol. The molecule has 0 aliphatic heterocycles. The van der Waals surface area contributed by atoms with E-state index in [9.17, 15) is 4.79 Å². The Balaban J connectivity index is 3.26. The van der Waals surface area contributed by atoms with E-state index in [1.807, 2.05) is 0 Å². The first-order valence-corrected chi connectivity index (χ1v) is 4.44. The Hall–Kier alpha value is -0.830. The van der Waals surface area contributed by atoms with Gasteiger partial charge < -0.3 is 9.47 Å². The summed E-state index contributed by atoms with van der Waals surface area (Å²) in [5.41, 5.74) is 0.396. The van der Waals surface area contributed by atoms with E-state index < -0.39 is 5.97 Å².